The molecule has 0 N–H and O–H groups in total. The second-order valence-corrected chi connectivity index (χ2v) is 16.7. The van der Waals surface area contributed by atoms with Gasteiger partial charge >= 0.3 is 0 Å². The molecule has 0 radical (unpaired) electrons. The summed E-state index contributed by atoms with van der Waals surface area (Å²) in [5, 5.41) is 2.21. The van der Waals surface area contributed by atoms with Crippen LogP contribution in [-0.2, 0) is 14.9 Å². The Bertz CT molecular complexity index is 3210. The van der Waals surface area contributed by atoms with Crippen LogP contribution in [0.3, 0.4) is 0 Å². The number of para-hydroxylation sites is 3. The van der Waals surface area contributed by atoms with E-state index in [9.17, 15) is 0 Å². The first-order valence-corrected chi connectivity index (χ1v) is 20.6. The molecule has 1 atom stereocenters. The number of aromatic nitrogens is 3. The third-order valence-electron chi connectivity index (χ3n) is 11.5. The van der Waals surface area contributed by atoms with Crippen molar-refractivity contribution in [2.75, 3.05) is 0 Å². The third-order valence-corrected chi connectivity index (χ3v) is 13.6. The standard InChI is InChI=1S/C51H35N3OS/c1-56(55)46-31-16-12-27-42(46)51(36-20-7-3-8-21-36,37-22-9-4-10-23-37)48-47(56)33-32-41-40-26-11-14-29-44(40)53(49(41)48)38-24-17-25-39(34-38)54-45-30-15-13-28-43(45)52-50(54)35-18-5-2-6-19-35/h2-34H,1H2. The number of hydrogen-bond donors (Lipinski definition) is 0. The van der Waals surface area contributed by atoms with Crippen LogP contribution >= 0.6 is 0 Å². The molecule has 11 rings (SSSR count). The van der Waals surface area contributed by atoms with Crippen LogP contribution in [0, 0.1) is 0 Å². The van der Waals surface area contributed by atoms with E-state index < -0.39 is 14.9 Å². The molecular formula is C51H35N3OS. The van der Waals surface area contributed by atoms with Gasteiger partial charge in [0.1, 0.15) is 5.82 Å². The van der Waals surface area contributed by atoms with Gasteiger partial charge in [-0.15, -0.1) is 0 Å². The van der Waals surface area contributed by atoms with Crippen LogP contribution in [0.1, 0.15) is 22.3 Å². The van der Waals surface area contributed by atoms with Gasteiger partial charge in [-0.25, -0.2) is 4.98 Å². The van der Waals surface area contributed by atoms with E-state index in [1.807, 2.05) is 24.3 Å². The predicted octanol–water partition coefficient (Wildman–Crippen LogP) is 11.6. The fourth-order valence-electron chi connectivity index (χ4n) is 9.24. The maximum Gasteiger partial charge on any atom is 0.145 e. The summed E-state index contributed by atoms with van der Waals surface area (Å²) in [7, 11) is -2.95. The molecule has 0 aliphatic carbocycles. The quantitative estimate of drug-likeness (QED) is 0.165. The lowest BCUT2D eigenvalue weighted by molar-refractivity contribution is 0.654. The molecule has 10 aromatic rings. The molecule has 8 aromatic carbocycles. The zero-order valence-corrected chi connectivity index (χ0v) is 31.2. The lowest BCUT2D eigenvalue weighted by Crippen LogP contribution is -2.38. The highest BCUT2D eigenvalue weighted by molar-refractivity contribution is 8.00. The first-order chi connectivity index (χ1) is 27.6. The minimum Gasteiger partial charge on any atom is -0.309 e. The molecule has 266 valence electrons. The Morgan fingerprint density at radius 1 is 0.500 bits per heavy atom. The van der Waals surface area contributed by atoms with Gasteiger partial charge in [-0.3, -0.25) is 8.78 Å². The van der Waals surface area contributed by atoms with Crippen LogP contribution < -0.4 is 0 Å². The summed E-state index contributed by atoms with van der Waals surface area (Å²) in [6.45, 7) is 0. The Morgan fingerprint density at radius 3 is 1.82 bits per heavy atom. The molecule has 0 saturated carbocycles. The van der Waals surface area contributed by atoms with Crippen molar-refractivity contribution in [1.29, 1.82) is 0 Å². The molecule has 56 heavy (non-hydrogen) atoms. The number of rotatable bonds is 5. The Balaban J connectivity index is 1.31. The molecule has 1 unspecified atom stereocenters. The van der Waals surface area contributed by atoms with Gasteiger partial charge in [0, 0.05) is 52.6 Å². The number of fused-ring (bicyclic) bond motifs is 7. The summed E-state index contributed by atoms with van der Waals surface area (Å²) in [4.78, 5) is 6.67. The zero-order chi connectivity index (χ0) is 37.4. The summed E-state index contributed by atoms with van der Waals surface area (Å²) in [5.41, 5.74) is 10.4. The number of nitrogens with zero attached hydrogens (tertiary/aromatic N) is 3. The fourth-order valence-corrected chi connectivity index (χ4v) is 11.2. The topological polar surface area (TPSA) is 39.8 Å². The summed E-state index contributed by atoms with van der Waals surface area (Å²) in [5.74, 6) is 5.43. The van der Waals surface area contributed by atoms with Crippen molar-refractivity contribution in [2.24, 2.45) is 0 Å². The van der Waals surface area contributed by atoms with E-state index in [0.29, 0.717) is 0 Å². The second-order valence-electron chi connectivity index (χ2n) is 14.5. The van der Waals surface area contributed by atoms with Crippen LogP contribution in [0.4, 0.5) is 0 Å². The lowest BCUT2D eigenvalue weighted by Gasteiger charge is -2.43. The maximum absolute atomic E-state index is 15.5. The highest BCUT2D eigenvalue weighted by atomic mass is 32.2. The van der Waals surface area contributed by atoms with E-state index in [1.165, 1.54) is 0 Å². The van der Waals surface area contributed by atoms with E-state index in [-0.39, 0.29) is 0 Å². The summed E-state index contributed by atoms with van der Waals surface area (Å²) >= 11 is 0. The van der Waals surface area contributed by atoms with Crippen molar-refractivity contribution in [3.63, 3.8) is 0 Å². The molecule has 0 spiro atoms. The molecule has 0 amide bonds. The SMILES string of the molecule is C=S1(=O)c2ccccc2C(c2ccccc2)(c2ccccc2)c2c1ccc1c3ccccc3n(-c3cccc(-n4c(-c5ccccc5)nc5ccccc54)c3)c21. The highest BCUT2D eigenvalue weighted by Crippen LogP contribution is 2.56. The summed E-state index contributed by atoms with van der Waals surface area (Å²) in [6, 6.07) is 69.9. The van der Waals surface area contributed by atoms with Gasteiger partial charge < -0.3 is 4.57 Å². The highest BCUT2D eigenvalue weighted by Gasteiger charge is 2.48. The fraction of sp³-hybridized carbons (Fsp3) is 0.0196. The smallest absolute Gasteiger partial charge is 0.145 e. The van der Waals surface area contributed by atoms with Gasteiger partial charge in [0.2, 0.25) is 0 Å². The molecule has 1 aliphatic heterocycles. The molecular weight excluding hydrogens is 703 g/mol. The minimum atomic E-state index is -2.95. The van der Waals surface area contributed by atoms with Crippen molar-refractivity contribution in [2.45, 2.75) is 15.2 Å². The van der Waals surface area contributed by atoms with Crippen molar-refractivity contribution >= 4 is 48.2 Å². The van der Waals surface area contributed by atoms with E-state index in [0.717, 1.165) is 87.6 Å². The van der Waals surface area contributed by atoms with Gasteiger partial charge in [-0.1, -0.05) is 152 Å². The molecule has 2 aromatic heterocycles. The molecule has 0 fully saturated rings. The maximum atomic E-state index is 15.5. The Kier molecular flexibility index (Phi) is 7.12. The predicted molar refractivity (Wildman–Crippen MR) is 231 cm³/mol. The number of benzene rings is 8. The van der Waals surface area contributed by atoms with Crippen molar-refractivity contribution < 1.29 is 4.21 Å². The monoisotopic (exact) mass is 737 g/mol. The van der Waals surface area contributed by atoms with Crippen LogP contribution in [0.15, 0.2) is 210 Å². The van der Waals surface area contributed by atoms with Gasteiger partial charge in [-0.2, -0.15) is 0 Å². The van der Waals surface area contributed by atoms with Gasteiger partial charge in [0.15, 0.2) is 0 Å². The van der Waals surface area contributed by atoms with Crippen LogP contribution in [0.5, 0.6) is 0 Å². The largest absolute Gasteiger partial charge is 0.309 e. The van der Waals surface area contributed by atoms with Gasteiger partial charge in [0.25, 0.3) is 0 Å². The average molecular weight is 738 g/mol. The molecule has 5 heteroatoms. The number of hydrogen-bond acceptors (Lipinski definition) is 2. The molecule has 3 heterocycles. The summed E-state index contributed by atoms with van der Waals surface area (Å²) < 4.78 is 20.1. The van der Waals surface area contributed by atoms with E-state index in [2.05, 4.69) is 191 Å². The summed E-state index contributed by atoms with van der Waals surface area (Å²) in [6.07, 6.45) is 0. The second kappa shape index (κ2) is 12.3. The van der Waals surface area contributed by atoms with Crippen LogP contribution in [0.2, 0.25) is 0 Å². The first-order valence-electron chi connectivity index (χ1n) is 18.8. The Hall–Kier alpha value is -6.95. The van der Waals surface area contributed by atoms with Crippen molar-refractivity contribution in [3.05, 3.63) is 222 Å². The number of imidazole rings is 1. The van der Waals surface area contributed by atoms with Gasteiger partial charge in [0.05, 0.1) is 27.5 Å². The molecule has 4 nitrogen and oxygen atoms in total. The van der Waals surface area contributed by atoms with Gasteiger partial charge in [-0.05, 0) is 71.1 Å². The van der Waals surface area contributed by atoms with E-state index >= 15 is 4.21 Å². The molecule has 1 aliphatic rings. The normalized spacial score (nSPS) is 15.9. The molecule has 0 bridgehead atoms. The Labute approximate surface area is 325 Å². The lowest BCUT2D eigenvalue weighted by atomic mass is 9.64. The average Bonchev–Trinajstić information content (AvgIpc) is 3.82. The minimum absolute atomic E-state index is 0.753. The van der Waals surface area contributed by atoms with Crippen molar-refractivity contribution in [3.8, 4) is 22.8 Å². The Morgan fingerprint density at radius 2 is 1.09 bits per heavy atom. The van der Waals surface area contributed by atoms with E-state index in [1.54, 1.807) is 0 Å². The van der Waals surface area contributed by atoms with Crippen molar-refractivity contribution in [1.82, 2.24) is 14.1 Å². The molecule has 0 saturated heterocycles. The third kappa shape index (κ3) is 4.49. The van der Waals surface area contributed by atoms with Crippen LogP contribution in [0.25, 0.3) is 55.6 Å². The zero-order valence-electron chi connectivity index (χ0n) is 30.4. The van der Waals surface area contributed by atoms with E-state index in [4.69, 9.17) is 4.98 Å². The van der Waals surface area contributed by atoms with Crippen LogP contribution in [-0.4, -0.2) is 24.2 Å². The first kappa shape index (κ1) is 32.5.